The van der Waals surface area contributed by atoms with Crippen molar-refractivity contribution in [2.24, 2.45) is 10.8 Å². The number of hydrogen-bond donors (Lipinski definition) is 2. The van der Waals surface area contributed by atoms with Crippen LogP contribution in [0.25, 0.3) is 0 Å². The molecule has 128 valence electrons. The molecular weight excluding hydrogens is 300 g/mol. The van der Waals surface area contributed by atoms with Gasteiger partial charge in [0.05, 0.1) is 18.6 Å². The molecule has 0 unspecified atom stereocenters. The summed E-state index contributed by atoms with van der Waals surface area (Å²) < 4.78 is 10.9. The average Bonchev–Trinajstić information content (AvgIpc) is 2.43. The Morgan fingerprint density at radius 2 is 1.43 bits per heavy atom. The second kappa shape index (κ2) is 5.76. The largest absolute Gasteiger partial charge is 0.418 e. The molecular formula is C17H24O6. The van der Waals surface area contributed by atoms with Crippen LogP contribution in [0.4, 0.5) is 0 Å². The molecule has 0 radical (unpaired) electrons. The first-order chi connectivity index (χ1) is 10.7. The molecule has 2 saturated carbocycles. The molecule has 6 heteroatoms. The number of esters is 2. The summed E-state index contributed by atoms with van der Waals surface area (Å²) in [6.07, 6.45) is 2.79. The van der Waals surface area contributed by atoms with Crippen LogP contribution in [0, 0.1) is 10.8 Å². The Hall–Kier alpha value is -1.66. The van der Waals surface area contributed by atoms with Gasteiger partial charge in [0.15, 0.2) is 0 Å². The van der Waals surface area contributed by atoms with Crippen molar-refractivity contribution in [1.29, 1.82) is 0 Å². The van der Waals surface area contributed by atoms with Crippen LogP contribution in [-0.4, -0.2) is 41.2 Å². The molecule has 0 aliphatic heterocycles. The molecule has 0 amide bonds. The van der Waals surface area contributed by atoms with E-state index in [0.29, 0.717) is 0 Å². The molecule has 2 N–H and O–H groups in total. The number of ether oxygens (including phenoxy) is 2. The molecule has 0 aromatic rings. The smallest absolute Gasteiger partial charge is 0.336 e. The van der Waals surface area contributed by atoms with Crippen LogP contribution in [0.1, 0.15) is 39.5 Å². The number of carbonyl (C=O) groups excluding carboxylic acids is 2. The molecule has 2 rings (SSSR count). The van der Waals surface area contributed by atoms with E-state index < -0.39 is 36.4 Å². The second-order valence-corrected chi connectivity index (χ2v) is 6.80. The van der Waals surface area contributed by atoms with Gasteiger partial charge >= 0.3 is 11.9 Å². The number of aliphatic hydroxyl groups is 2. The van der Waals surface area contributed by atoms with Gasteiger partial charge in [-0.05, 0) is 32.1 Å². The van der Waals surface area contributed by atoms with Gasteiger partial charge in [-0.1, -0.05) is 19.6 Å². The van der Waals surface area contributed by atoms with Crippen LogP contribution in [0.15, 0.2) is 24.3 Å². The van der Waals surface area contributed by atoms with Gasteiger partial charge < -0.3 is 19.7 Å². The van der Waals surface area contributed by atoms with Crippen molar-refractivity contribution in [3.05, 3.63) is 24.3 Å². The molecule has 1 spiro atoms. The van der Waals surface area contributed by atoms with Crippen LogP contribution in [0.5, 0.6) is 0 Å². The molecule has 0 atom stereocenters. The molecule has 2 aliphatic carbocycles. The van der Waals surface area contributed by atoms with Crippen LogP contribution < -0.4 is 0 Å². The number of rotatable bonds is 6. The normalized spacial score (nSPS) is 22.4. The summed E-state index contributed by atoms with van der Waals surface area (Å²) in [5, 5.41) is 20.0. The minimum atomic E-state index is -1.69. The standard InChI is InChI=1S/C17H24O6/c1-11(2)13(20)22-17(23-14(21)12(3)4)8-15(6-5-7-15)16(17,9-18)10-19/h18-19H,1,3,5-10H2,2,4H3. The fraction of sp³-hybridized carbons (Fsp3) is 0.647. The summed E-state index contributed by atoms with van der Waals surface area (Å²) in [5.41, 5.74) is -1.29. The summed E-state index contributed by atoms with van der Waals surface area (Å²) in [6.45, 7) is 9.11. The van der Waals surface area contributed by atoms with Crippen LogP contribution in [0.2, 0.25) is 0 Å². The van der Waals surface area contributed by atoms with E-state index >= 15 is 0 Å². The van der Waals surface area contributed by atoms with Crippen molar-refractivity contribution in [3.8, 4) is 0 Å². The Morgan fingerprint density at radius 1 is 1.00 bits per heavy atom. The predicted molar refractivity (Wildman–Crippen MR) is 82.0 cm³/mol. The van der Waals surface area contributed by atoms with Crippen molar-refractivity contribution < 1.29 is 29.3 Å². The van der Waals surface area contributed by atoms with Crippen molar-refractivity contribution >= 4 is 11.9 Å². The van der Waals surface area contributed by atoms with E-state index in [4.69, 9.17) is 9.47 Å². The Morgan fingerprint density at radius 3 is 1.70 bits per heavy atom. The molecule has 2 aliphatic rings. The van der Waals surface area contributed by atoms with Gasteiger partial charge in [-0.3, -0.25) is 0 Å². The maximum Gasteiger partial charge on any atom is 0.336 e. The Kier molecular flexibility index (Phi) is 4.43. The zero-order valence-corrected chi connectivity index (χ0v) is 13.7. The molecule has 0 heterocycles. The third-order valence-electron chi connectivity index (χ3n) is 5.38. The van der Waals surface area contributed by atoms with Crippen molar-refractivity contribution in [3.63, 3.8) is 0 Å². The summed E-state index contributed by atoms with van der Waals surface area (Å²) >= 11 is 0. The first-order valence-corrected chi connectivity index (χ1v) is 7.69. The van der Waals surface area contributed by atoms with Gasteiger partial charge in [-0.15, -0.1) is 0 Å². The van der Waals surface area contributed by atoms with E-state index in [1.54, 1.807) is 0 Å². The molecule has 0 bridgehead atoms. The van der Waals surface area contributed by atoms with Crippen LogP contribution >= 0.6 is 0 Å². The van der Waals surface area contributed by atoms with Crippen LogP contribution in [0.3, 0.4) is 0 Å². The van der Waals surface area contributed by atoms with Crippen molar-refractivity contribution in [2.75, 3.05) is 13.2 Å². The zero-order chi connectivity index (χ0) is 17.5. The van der Waals surface area contributed by atoms with E-state index in [1.165, 1.54) is 13.8 Å². The molecule has 2 fully saturated rings. The summed E-state index contributed by atoms with van der Waals surface area (Å²) in [7, 11) is 0. The third-order valence-corrected chi connectivity index (χ3v) is 5.38. The maximum atomic E-state index is 12.0. The highest BCUT2D eigenvalue weighted by atomic mass is 16.7. The Bertz CT molecular complexity index is 525. The second-order valence-electron chi connectivity index (χ2n) is 6.80. The van der Waals surface area contributed by atoms with Gasteiger partial charge in [-0.25, -0.2) is 9.59 Å². The van der Waals surface area contributed by atoms with E-state index in [0.717, 1.165) is 19.3 Å². The number of carbonyl (C=O) groups is 2. The minimum Gasteiger partial charge on any atom is -0.418 e. The quantitative estimate of drug-likeness (QED) is 0.436. The lowest BCUT2D eigenvalue weighted by Gasteiger charge is -2.70. The van der Waals surface area contributed by atoms with Crippen molar-refractivity contribution in [2.45, 2.75) is 45.3 Å². The van der Waals surface area contributed by atoms with E-state index in [9.17, 15) is 19.8 Å². The maximum absolute atomic E-state index is 12.0. The zero-order valence-electron chi connectivity index (χ0n) is 13.7. The fourth-order valence-electron chi connectivity index (χ4n) is 3.73. The molecule has 0 saturated heterocycles. The highest BCUT2D eigenvalue weighted by Gasteiger charge is 2.79. The van der Waals surface area contributed by atoms with Gasteiger partial charge in [-0.2, -0.15) is 0 Å². The Labute approximate surface area is 135 Å². The average molecular weight is 324 g/mol. The topological polar surface area (TPSA) is 93.1 Å². The van der Waals surface area contributed by atoms with Crippen molar-refractivity contribution in [1.82, 2.24) is 0 Å². The Balaban J connectivity index is 2.41. The molecule has 0 aromatic heterocycles. The highest BCUT2D eigenvalue weighted by Crippen LogP contribution is 2.72. The number of aliphatic hydroxyl groups excluding tert-OH is 2. The molecule has 0 aromatic carbocycles. The van der Waals surface area contributed by atoms with Crippen LogP contribution in [-0.2, 0) is 19.1 Å². The van der Waals surface area contributed by atoms with E-state index in [-0.39, 0.29) is 23.0 Å². The molecule has 23 heavy (non-hydrogen) atoms. The third kappa shape index (κ3) is 2.32. The highest BCUT2D eigenvalue weighted by molar-refractivity contribution is 5.89. The predicted octanol–water partition coefficient (Wildman–Crippen LogP) is 1.47. The first kappa shape index (κ1) is 17.7. The van der Waals surface area contributed by atoms with Gasteiger partial charge in [0.2, 0.25) is 0 Å². The summed E-state index contributed by atoms with van der Waals surface area (Å²) in [5.74, 6) is -3.14. The lowest BCUT2D eigenvalue weighted by Crippen LogP contribution is -2.78. The van der Waals surface area contributed by atoms with Gasteiger partial charge in [0, 0.05) is 17.6 Å². The van der Waals surface area contributed by atoms with Gasteiger partial charge in [0.25, 0.3) is 5.79 Å². The number of hydrogen-bond acceptors (Lipinski definition) is 6. The summed E-state index contributed by atoms with van der Waals surface area (Å²) in [4.78, 5) is 24.1. The van der Waals surface area contributed by atoms with Gasteiger partial charge in [0.1, 0.15) is 0 Å². The minimum absolute atomic E-state index is 0.148. The molecule has 6 nitrogen and oxygen atoms in total. The lowest BCUT2D eigenvalue weighted by molar-refractivity contribution is -0.402. The lowest BCUT2D eigenvalue weighted by atomic mass is 9.38. The fourth-order valence-corrected chi connectivity index (χ4v) is 3.73. The summed E-state index contributed by atoms with van der Waals surface area (Å²) in [6, 6.07) is 0. The SMILES string of the molecule is C=C(C)C(=O)OC1(OC(=O)C(=C)C)CC2(CCC2)C1(CO)CO. The van der Waals surface area contributed by atoms with E-state index in [1.807, 2.05) is 0 Å². The first-order valence-electron chi connectivity index (χ1n) is 7.69. The van der Waals surface area contributed by atoms with E-state index in [2.05, 4.69) is 13.2 Å². The monoisotopic (exact) mass is 324 g/mol.